The van der Waals surface area contributed by atoms with Crippen LogP contribution in [0.25, 0.3) is 0 Å². The summed E-state index contributed by atoms with van der Waals surface area (Å²) in [6, 6.07) is 7.21. The Morgan fingerprint density at radius 1 is 1.12 bits per heavy atom. The van der Waals surface area contributed by atoms with Crippen LogP contribution in [0.4, 0.5) is 0 Å². The highest BCUT2D eigenvalue weighted by molar-refractivity contribution is 6.31. The Kier molecular flexibility index (Phi) is 7.18. The number of piperidine rings is 2. The van der Waals surface area contributed by atoms with Gasteiger partial charge in [-0.15, -0.1) is 0 Å². The van der Waals surface area contributed by atoms with Crippen LogP contribution in [0.15, 0.2) is 18.2 Å². The Balaban J connectivity index is 1.45. The second-order valence-electron chi connectivity index (χ2n) is 7.90. The largest absolute Gasteiger partial charge is 0.330 e. The second-order valence-corrected chi connectivity index (χ2v) is 8.31. The highest BCUT2D eigenvalue weighted by Gasteiger charge is 2.25. The molecule has 2 aliphatic heterocycles. The lowest BCUT2D eigenvalue weighted by Crippen LogP contribution is -2.47. The van der Waals surface area contributed by atoms with Gasteiger partial charge in [0, 0.05) is 11.1 Å². The van der Waals surface area contributed by atoms with Gasteiger partial charge in [0.15, 0.2) is 0 Å². The molecule has 1 unspecified atom stereocenters. The van der Waals surface area contributed by atoms with Crippen molar-refractivity contribution in [1.82, 2.24) is 9.80 Å². The molecule has 3 nitrogen and oxygen atoms in total. The number of halogens is 1. The number of likely N-dealkylation sites (tertiary alicyclic amines) is 2. The SMILES string of the molecule is Cc1cc(C(CN)CCN2CCC(N3CCCCC3)CC2)ccc1Cl. The highest BCUT2D eigenvalue weighted by Crippen LogP contribution is 2.26. The van der Waals surface area contributed by atoms with Crippen molar-refractivity contribution in [3.8, 4) is 0 Å². The minimum absolute atomic E-state index is 0.441. The molecule has 4 heteroatoms. The molecular weight excluding hydrogens is 330 g/mol. The van der Waals surface area contributed by atoms with Crippen LogP contribution in [0.2, 0.25) is 5.02 Å². The smallest absolute Gasteiger partial charge is 0.0435 e. The van der Waals surface area contributed by atoms with Crippen LogP contribution >= 0.6 is 11.6 Å². The average molecular weight is 364 g/mol. The van der Waals surface area contributed by atoms with E-state index in [0.717, 1.165) is 29.6 Å². The van der Waals surface area contributed by atoms with E-state index >= 15 is 0 Å². The Hall–Kier alpha value is -0.610. The van der Waals surface area contributed by atoms with E-state index in [1.165, 1.54) is 63.8 Å². The Morgan fingerprint density at radius 3 is 2.48 bits per heavy atom. The summed E-state index contributed by atoms with van der Waals surface area (Å²) in [5.74, 6) is 0.441. The van der Waals surface area contributed by atoms with Crippen molar-refractivity contribution in [3.05, 3.63) is 34.3 Å². The predicted molar refractivity (Wildman–Crippen MR) is 107 cm³/mol. The van der Waals surface area contributed by atoms with Gasteiger partial charge in [-0.25, -0.2) is 0 Å². The monoisotopic (exact) mass is 363 g/mol. The van der Waals surface area contributed by atoms with E-state index in [2.05, 4.69) is 28.9 Å². The van der Waals surface area contributed by atoms with Gasteiger partial charge >= 0.3 is 0 Å². The van der Waals surface area contributed by atoms with Crippen LogP contribution in [0.1, 0.15) is 55.6 Å². The first-order valence-corrected chi connectivity index (χ1v) is 10.5. The van der Waals surface area contributed by atoms with Gasteiger partial charge in [-0.05, 0) is 101 Å². The number of benzene rings is 1. The third-order valence-corrected chi connectivity index (χ3v) is 6.62. The Bertz CT molecular complexity index is 534. The van der Waals surface area contributed by atoms with Crippen molar-refractivity contribution in [2.24, 2.45) is 5.73 Å². The number of rotatable bonds is 6. The summed E-state index contributed by atoms with van der Waals surface area (Å²) >= 11 is 6.16. The molecule has 25 heavy (non-hydrogen) atoms. The van der Waals surface area contributed by atoms with E-state index in [4.69, 9.17) is 17.3 Å². The summed E-state index contributed by atoms with van der Waals surface area (Å²) in [5.41, 5.74) is 8.56. The van der Waals surface area contributed by atoms with Crippen molar-refractivity contribution in [2.75, 3.05) is 39.3 Å². The molecule has 2 N–H and O–H groups in total. The van der Waals surface area contributed by atoms with Crippen molar-refractivity contribution >= 4 is 11.6 Å². The molecule has 0 aromatic heterocycles. The number of hydrogen-bond acceptors (Lipinski definition) is 3. The summed E-state index contributed by atoms with van der Waals surface area (Å²) in [7, 11) is 0. The zero-order valence-corrected chi connectivity index (χ0v) is 16.5. The minimum Gasteiger partial charge on any atom is -0.330 e. The van der Waals surface area contributed by atoms with Crippen molar-refractivity contribution in [3.63, 3.8) is 0 Å². The van der Waals surface area contributed by atoms with Gasteiger partial charge in [0.25, 0.3) is 0 Å². The fourth-order valence-corrected chi connectivity index (χ4v) is 4.59. The molecule has 0 bridgehead atoms. The van der Waals surface area contributed by atoms with Gasteiger partial charge in [0.1, 0.15) is 0 Å². The van der Waals surface area contributed by atoms with Crippen molar-refractivity contribution in [2.45, 2.75) is 57.4 Å². The molecule has 1 aromatic carbocycles. The summed E-state index contributed by atoms with van der Waals surface area (Å²) in [6.07, 6.45) is 8.06. The standard InChI is InChI=1S/C21H34ClN3/c1-17-15-18(5-6-21(17)22)19(16-23)7-12-24-13-8-20(9-14-24)25-10-3-2-4-11-25/h5-6,15,19-20H,2-4,7-14,16,23H2,1H3. The van der Waals surface area contributed by atoms with Gasteiger partial charge in [-0.2, -0.15) is 0 Å². The van der Waals surface area contributed by atoms with Crippen LogP contribution in [0.5, 0.6) is 0 Å². The Morgan fingerprint density at radius 2 is 1.84 bits per heavy atom. The van der Waals surface area contributed by atoms with Gasteiger partial charge < -0.3 is 15.5 Å². The normalized spacial score (nSPS) is 22.2. The fraction of sp³-hybridized carbons (Fsp3) is 0.714. The van der Waals surface area contributed by atoms with Crippen LogP contribution in [0.3, 0.4) is 0 Å². The molecule has 2 fully saturated rings. The maximum atomic E-state index is 6.16. The first-order valence-electron chi connectivity index (χ1n) is 10.1. The molecule has 0 aliphatic carbocycles. The minimum atomic E-state index is 0.441. The number of hydrogen-bond donors (Lipinski definition) is 1. The van der Waals surface area contributed by atoms with E-state index < -0.39 is 0 Å². The van der Waals surface area contributed by atoms with E-state index in [1.54, 1.807) is 0 Å². The molecule has 1 atom stereocenters. The molecule has 2 saturated heterocycles. The summed E-state index contributed by atoms with van der Waals surface area (Å²) in [6.45, 7) is 9.11. The van der Waals surface area contributed by atoms with Gasteiger partial charge in [0.2, 0.25) is 0 Å². The lowest BCUT2D eigenvalue weighted by atomic mass is 9.93. The molecule has 1 aromatic rings. The highest BCUT2D eigenvalue weighted by atomic mass is 35.5. The molecule has 140 valence electrons. The second kappa shape index (κ2) is 9.36. The van der Waals surface area contributed by atoms with Crippen LogP contribution < -0.4 is 5.73 Å². The number of nitrogens with two attached hydrogens (primary N) is 1. The van der Waals surface area contributed by atoms with Crippen LogP contribution in [-0.4, -0.2) is 55.1 Å². The summed E-state index contributed by atoms with van der Waals surface area (Å²) in [4.78, 5) is 5.39. The molecular formula is C21H34ClN3. The molecule has 0 amide bonds. The lowest BCUT2D eigenvalue weighted by Gasteiger charge is -2.40. The molecule has 0 saturated carbocycles. The third-order valence-electron chi connectivity index (χ3n) is 6.20. The topological polar surface area (TPSA) is 32.5 Å². The molecule has 2 heterocycles. The molecule has 0 spiro atoms. The average Bonchev–Trinajstić information content (AvgIpc) is 2.66. The summed E-state index contributed by atoms with van der Waals surface area (Å²) < 4.78 is 0. The van der Waals surface area contributed by atoms with E-state index in [1.807, 2.05) is 6.07 Å². The van der Waals surface area contributed by atoms with Crippen LogP contribution in [0, 0.1) is 6.92 Å². The molecule has 3 rings (SSSR count). The molecule has 0 radical (unpaired) electrons. The van der Waals surface area contributed by atoms with E-state index in [-0.39, 0.29) is 0 Å². The molecule has 2 aliphatic rings. The maximum Gasteiger partial charge on any atom is 0.0435 e. The number of nitrogens with zero attached hydrogens (tertiary/aromatic N) is 2. The quantitative estimate of drug-likeness (QED) is 0.828. The Labute approximate surface area is 158 Å². The maximum absolute atomic E-state index is 6.16. The van der Waals surface area contributed by atoms with Crippen LogP contribution in [-0.2, 0) is 0 Å². The van der Waals surface area contributed by atoms with E-state index in [0.29, 0.717) is 12.5 Å². The van der Waals surface area contributed by atoms with Crippen molar-refractivity contribution < 1.29 is 0 Å². The first-order chi connectivity index (χ1) is 12.2. The summed E-state index contributed by atoms with van der Waals surface area (Å²) in [5, 5.41) is 0.847. The van der Waals surface area contributed by atoms with Gasteiger partial charge in [-0.3, -0.25) is 0 Å². The first kappa shape index (κ1) is 19.2. The third kappa shape index (κ3) is 5.19. The predicted octanol–water partition coefficient (Wildman–Crippen LogP) is 4.03. The van der Waals surface area contributed by atoms with Gasteiger partial charge in [-0.1, -0.05) is 30.2 Å². The fourth-order valence-electron chi connectivity index (χ4n) is 4.47. The van der Waals surface area contributed by atoms with E-state index in [9.17, 15) is 0 Å². The number of aryl methyl sites for hydroxylation is 1. The zero-order valence-electron chi connectivity index (χ0n) is 15.7. The van der Waals surface area contributed by atoms with Gasteiger partial charge in [0.05, 0.1) is 0 Å². The zero-order chi connectivity index (χ0) is 17.6. The van der Waals surface area contributed by atoms with Crippen molar-refractivity contribution in [1.29, 1.82) is 0 Å². The lowest BCUT2D eigenvalue weighted by molar-refractivity contribution is 0.0913.